The van der Waals surface area contributed by atoms with Crippen LogP contribution in [0.4, 0.5) is 0 Å². The molecule has 1 aliphatic rings. The Morgan fingerprint density at radius 2 is 1.88 bits per heavy atom. The van der Waals surface area contributed by atoms with Crippen molar-refractivity contribution in [3.63, 3.8) is 0 Å². The molecule has 7 heteroatoms. The molecule has 0 aromatic heterocycles. The van der Waals surface area contributed by atoms with Gasteiger partial charge in [-0.25, -0.2) is 0 Å². The summed E-state index contributed by atoms with van der Waals surface area (Å²) < 4.78 is 5.36. The minimum Gasteiger partial charge on any atom is -0.379 e. The van der Waals surface area contributed by atoms with Crippen molar-refractivity contribution >= 4 is 29.9 Å². The predicted molar refractivity (Wildman–Crippen MR) is 118 cm³/mol. The second kappa shape index (κ2) is 15.0. The number of hydrogen-bond acceptors (Lipinski definition) is 4. The molecule has 1 rings (SSSR count). The maximum absolute atomic E-state index is 6.04. The van der Waals surface area contributed by atoms with Crippen molar-refractivity contribution in [3.05, 3.63) is 0 Å². The molecule has 25 heavy (non-hydrogen) atoms. The first-order valence-corrected chi connectivity index (χ1v) is 9.64. The van der Waals surface area contributed by atoms with Crippen molar-refractivity contribution in [3.8, 4) is 0 Å². The van der Waals surface area contributed by atoms with Gasteiger partial charge >= 0.3 is 0 Å². The zero-order valence-corrected chi connectivity index (χ0v) is 19.0. The third-order valence-corrected chi connectivity index (χ3v) is 4.61. The highest BCUT2D eigenvalue weighted by atomic mass is 127. The Labute approximate surface area is 171 Å². The summed E-state index contributed by atoms with van der Waals surface area (Å²) >= 11 is 0. The lowest BCUT2D eigenvalue weighted by Crippen LogP contribution is -2.41. The molecule has 0 radical (unpaired) electrons. The maximum atomic E-state index is 6.04. The zero-order chi connectivity index (χ0) is 17.8. The van der Waals surface area contributed by atoms with Crippen LogP contribution in [0.1, 0.15) is 40.5 Å². The molecule has 0 aliphatic carbocycles. The van der Waals surface area contributed by atoms with E-state index in [4.69, 9.17) is 10.5 Å². The van der Waals surface area contributed by atoms with Gasteiger partial charge in [-0.05, 0) is 38.4 Å². The molecule has 0 aromatic carbocycles. The molecular formula is C18H40IN5O. The number of nitrogens with two attached hydrogens (primary N) is 1. The highest BCUT2D eigenvalue weighted by Crippen LogP contribution is 2.12. The molecular weight excluding hydrogens is 429 g/mol. The Bertz CT molecular complexity index is 344. The molecule has 6 nitrogen and oxygen atoms in total. The summed E-state index contributed by atoms with van der Waals surface area (Å²) in [6.07, 6.45) is 2.25. The summed E-state index contributed by atoms with van der Waals surface area (Å²) in [4.78, 5) is 9.51. The van der Waals surface area contributed by atoms with Crippen LogP contribution in [-0.2, 0) is 4.74 Å². The fourth-order valence-corrected chi connectivity index (χ4v) is 3.23. The number of morpholine rings is 1. The van der Waals surface area contributed by atoms with Crippen LogP contribution in [0.2, 0.25) is 0 Å². The van der Waals surface area contributed by atoms with Gasteiger partial charge in [-0.1, -0.05) is 27.7 Å². The van der Waals surface area contributed by atoms with Crippen LogP contribution in [-0.4, -0.2) is 80.8 Å². The second-order valence-electron chi connectivity index (χ2n) is 6.96. The Morgan fingerprint density at radius 1 is 1.24 bits per heavy atom. The van der Waals surface area contributed by atoms with Crippen molar-refractivity contribution in [1.29, 1.82) is 0 Å². The number of rotatable bonds is 11. The van der Waals surface area contributed by atoms with Crippen molar-refractivity contribution in [1.82, 2.24) is 15.1 Å². The molecule has 0 bridgehead atoms. The van der Waals surface area contributed by atoms with E-state index in [1.165, 1.54) is 0 Å². The topological polar surface area (TPSA) is 66.1 Å². The van der Waals surface area contributed by atoms with Gasteiger partial charge in [0.05, 0.1) is 19.8 Å². The van der Waals surface area contributed by atoms with E-state index in [0.29, 0.717) is 17.9 Å². The van der Waals surface area contributed by atoms with Crippen LogP contribution < -0.4 is 11.1 Å². The molecule has 1 heterocycles. The van der Waals surface area contributed by atoms with Crippen molar-refractivity contribution in [2.45, 2.75) is 46.6 Å². The first kappa shape index (κ1) is 24.9. The minimum absolute atomic E-state index is 0. The first-order chi connectivity index (χ1) is 11.6. The molecule has 1 fully saturated rings. The number of guanidine groups is 1. The highest BCUT2D eigenvalue weighted by Gasteiger charge is 2.16. The lowest BCUT2D eigenvalue weighted by molar-refractivity contribution is 0.0376. The Balaban J connectivity index is 0.00000576. The fraction of sp³-hybridized carbons (Fsp3) is 0.944. The molecule has 1 atom stereocenters. The van der Waals surface area contributed by atoms with Gasteiger partial charge in [0.2, 0.25) is 0 Å². The number of nitrogens with one attached hydrogen (secondary N) is 1. The van der Waals surface area contributed by atoms with E-state index in [0.717, 1.165) is 71.9 Å². The Hall–Kier alpha value is -0.120. The third-order valence-electron chi connectivity index (χ3n) is 4.61. The summed E-state index contributed by atoms with van der Waals surface area (Å²) in [7, 11) is 0. The van der Waals surface area contributed by atoms with E-state index in [2.05, 4.69) is 47.8 Å². The predicted octanol–water partition coefficient (Wildman–Crippen LogP) is 1.99. The Kier molecular flexibility index (Phi) is 14.9. The molecule has 0 spiro atoms. The second-order valence-corrected chi connectivity index (χ2v) is 6.96. The lowest BCUT2D eigenvalue weighted by atomic mass is 10.0. The average Bonchev–Trinajstić information content (AvgIpc) is 2.58. The van der Waals surface area contributed by atoms with E-state index in [-0.39, 0.29) is 24.0 Å². The van der Waals surface area contributed by atoms with Crippen molar-refractivity contribution in [2.75, 3.05) is 59.0 Å². The molecule has 3 N–H and O–H groups in total. The van der Waals surface area contributed by atoms with E-state index >= 15 is 0 Å². The van der Waals surface area contributed by atoms with Gasteiger partial charge < -0.3 is 15.8 Å². The number of hydrogen-bond donors (Lipinski definition) is 2. The fourth-order valence-electron chi connectivity index (χ4n) is 3.23. The first-order valence-electron chi connectivity index (χ1n) is 9.64. The van der Waals surface area contributed by atoms with Crippen LogP contribution in [0.25, 0.3) is 0 Å². The summed E-state index contributed by atoms with van der Waals surface area (Å²) in [5.74, 6) is 1.26. The van der Waals surface area contributed by atoms with Gasteiger partial charge in [0, 0.05) is 25.7 Å². The number of likely N-dealkylation sites (N-methyl/N-ethyl adjacent to an activating group) is 1. The average molecular weight is 469 g/mol. The summed E-state index contributed by atoms with van der Waals surface area (Å²) in [5, 5.41) is 3.26. The van der Waals surface area contributed by atoms with Crippen LogP contribution in [0.15, 0.2) is 4.99 Å². The van der Waals surface area contributed by atoms with Gasteiger partial charge in [-0.2, -0.15) is 0 Å². The molecule has 0 saturated carbocycles. The lowest BCUT2D eigenvalue weighted by Gasteiger charge is -2.30. The molecule has 0 aromatic rings. The highest BCUT2D eigenvalue weighted by molar-refractivity contribution is 14.0. The molecule has 1 unspecified atom stereocenters. The standard InChI is InChI=1S/C18H39N5O.HI/c1-5-23(6-2)17(14-16(3)4)15-21-18(19)20-8-7-9-22-10-12-24-13-11-22;/h16-17H,5-15H2,1-4H3,(H3,19,20,21);1H. The van der Waals surface area contributed by atoms with Crippen LogP contribution in [0, 0.1) is 5.92 Å². The summed E-state index contributed by atoms with van der Waals surface area (Å²) in [6, 6.07) is 0.480. The van der Waals surface area contributed by atoms with Crippen molar-refractivity contribution in [2.24, 2.45) is 16.6 Å². The molecule has 150 valence electrons. The van der Waals surface area contributed by atoms with Crippen LogP contribution in [0.5, 0.6) is 0 Å². The monoisotopic (exact) mass is 469 g/mol. The number of halogens is 1. The number of nitrogens with zero attached hydrogens (tertiary/aromatic N) is 3. The van der Waals surface area contributed by atoms with Crippen LogP contribution >= 0.6 is 24.0 Å². The maximum Gasteiger partial charge on any atom is 0.188 e. The smallest absolute Gasteiger partial charge is 0.188 e. The number of ether oxygens (including phenoxy) is 1. The summed E-state index contributed by atoms with van der Waals surface area (Å²) in [6.45, 7) is 17.7. The van der Waals surface area contributed by atoms with Crippen LogP contribution in [0.3, 0.4) is 0 Å². The van der Waals surface area contributed by atoms with E-state index in [1.807, 2.05) is 0 Å². The van der Waals surface area contributed by atoms with E-state index in [9.17, 15) is 0 Å². The molecule has 1 saturated heterocycles. The van der Waals surface area contributed by atoms with Gasteiger partial charge in [0.25, 0.3) is 0 Å². The summed E-state index contributed by atoms with van der Waals surface area (Å²) in [5.41, 5.74) is 6.04. The quantitative estimate of drug-likeness (QED) is 0.210. The van der Waals surface area contributed by atoms with Crippen molar-refractivity contribution < 1.29 is 4.74 Å². The Morgan fingerprint density at radius 3 is 2.44 bits per heavy atom. The van der Waals surface area contributed by atoms with Gasteiger partial charge in [-0.15, -0.1) is 24.0 Å². The third kappa shape index (κ3) is 11.2. The van der Waals surface area contributed by atoms with E-state index < -0.39 is 0 Å². The van der Waals surface area contributed by atoms with Gasteiger partial charge in [0.1, 0.15) is 0 Å². The SMILES string of the molecule is CCN(CC)C(CN=C(N)NCCCN1CCOCC1)CC(C)C.I. The van der Waals surface area contributed by atoms with Gasteiger partial charge in [-0.3, -0.25) is 14.8 Å². The normalized spacial score (nSPS) is 17.6. The largest absolute Gasteiger partial charge is 0.379 e. The molecule has 1 aliphatic heterocycles. The minimum atomic E-state index is 0. The zero-order valence-electron chi connectivity index (χ0n) is 16.7. The van der Waals surface area contributed by atoms with Gasteiger partial charge in [0.15, 0.2) is 5.96 Å². The van der Waals surface area contributed by atoms with E-state index in [1.54, 1.807) is 0 Å². The number of aliphatic imine (C=N–C) groups is 1. The molecule has 0 amide bonds.